The number of nitrogens with zero attached hydrogens (tertiary/aromatic N) is 2. The highest BCUT2D eigenvalue weighted by Gasteiger charge is 2.49. The molecule has 3 aliphatic rings. The second-order valence-corrected chi connectivity index (χ2v) is 7.31. The summed E-state index contributed by atoms with van der Waals surface area (Å²) in [4.78, 5) is 25.1. The predicted octanol–water partition coefficient (Wildman–Crippen LogP) is 1.25. The molecule has 148 valence electrons. The van der Waals surface area contributed by atoms with Crippen LogP contribution in [-0.2, 0) is 19.1 Å². The first-order valence-electron chi connectivity index (χ1n) is 9.45. The zero-order valence-electron chi connectivity index (χ0n) is 15.7. The summed E-state index contributed by atoms with van der Waals surface area (Å²) >= 11 is 0. The van der Waals surface area contributed by atoms with Gasteiger partial charge in [-0.15, -0.1) is 0 Å². The van der Waals surface area contributed by atoms with Gasteiger partial charge in [-0.2, -0.15) is 0 Å². The molecule has 27 heavy (non-hydrogen) atoms. The van der Waals surface area contributed by atoms with Gasteiger partial charge in [-0.3, -0.25) is 14.5 Å². The average molecular weight is 376 g/mol. The molecule has 0 unspecified atom stereocenters. The summed E-state index contributed by atoms with van der Waals surface area (Å²) in [6, 6.07) is 11.0. The Kier molecular flexibility index (Phi) is 6.82. The van der Waals surface area contributed by atoms with Crippen LogP contribution in [0.1, 0.15) is 18.5 Å². The minimum atomic E-state index is -0.250. The zero-order chi connectivity index (χ0) is 19.2. The maximum Gasteiger partial charge on any atom is 0.290 e. The van der Waals surface area contributed by atoms with E-state index in [0.717, 1.165) is 32.8 Å². The number of likely N-dealkylation sites (tertiary alicyclic amines) is 2. The quantitative estimate of drug-likeness (QED) is 0.783. The molecule has 0 spiro atoms. The molecule has 4 rings (SSSR count). The molecule has 0 aliphatic carbocycles. The summed E-state index contributed by atoms with van der Waals surface area (Å²) in [6.07, 6.45) is 0. The van der Waals surface area contributed by atoms with Gasteiger partial charge in [0.1, 0.15) is 0 Å². The van der Waals surface area contributed by atoms with Crippen molar-refractivity contribution < 1.29 is 24.2 Å². The topological polar surface area (TPSA) is 79.3 Å². The monoisotopic (exact) mass is 376 g/mol. The van der Waals surface area contributed by atoms with Crippen LogP contribution in [-0.4, -0.2) is 79.4 Å². The molecule has 1 aromatic rings. The first kappa shape index (κ1) is 19.8. The minimum absolute atomic E-state index is 0.186. The number of ether oxygens (including phenoxy) is 2. The molecular formula is C20H28N2O5. The molecule has 1 N–H and O–H groups in total. The van der Waals surface area contributed by atoms with E-state index in [2.05, 4.69) is 34.1 Å². The van der Waals surface area contributed by atoms with E-state index in [0.29, 0.717) is 31.1 Å². The lowest BCUT2D eigenvalue weighted by molar-refractivity contribution is -0.130. The van der Waals surface area contributed by atoms with Crippen molar-refractivity contribution in [2.75, 3.05) is 46.1 Å². The Morgan fingerprint density at radius 2 is 1.74 bits per heavy atom. The van der Waals surface area contributed by atoms with Crippen LogP contribution in [0, 0.1) is 11.8 Å². The van der Waals surface area contributed by atoms with Crippen molar-refractivity contribution in [1.29, 1.82) is 0 Å². The fraction of sp³-hybridized carbons (Fsp3) is 0.600. The van der Waals surface area contributed by atoms with Gasteiger partial charge in [-0.1, -0.05) is 30.3 Å². The van der Waals surface area contributed by atoms with Gasteiger partial charge in [0.25, 0.3) is 6.47 Å². The summed E-state index contributed by atoms with van der Waals surface area (Å²) in [6.45, 7) is 7.27. The number of benzene rings is 1. The van der Waals surface area contributed by atoms with Crippen molar-refractivity contribution in [1.82, 2.24) is 9.80 Å². The largest absolute Gasteiger partial charge is 0.483 e. The van der Waals surface area contributed by atoms with Crippen LogP contribution in [0.25, 0.3) is 0 Å². The van der Waals surface area contributed by atoms with Crippen molar-refractivity contribution in [3.8, 4) is 0 Å². The van der Waals surface area contributed by atoms with Gasteiger partial charge >= 0.3 is 0 Å². The number of hydrogen-bond donors (Lipinski definition) is 1. The Balaban J connectivity index is 0.000000659. The average Bonchev–Trinajstić information content (AvgIpc) is 3.10. The molecule has 7 heteroatoms. The van der Waals surface area contributed by atoms with Crippen LogP contribution in [0.15, 0.2) is 30.3 Å². The maximum atomic E-state index is 12.2. The van der Waals surface area contributed by atoms with E-state index in [-0.39, 0.29) is 18.4 Å². The van der Waals surface area contributed by atoms with Gasteiger partial charge in [0.05, 0.1) is 38.5 Å². The SMILES string of the molecule is CC(=O)N1C[C@H]2CN(C3COCCOC3)C[C@H]2[C@H]1c1ccccc1.O=CO. The number of rotatable bonds is 2. The molecule has 3 atom stereocenters. The highest BCUT2D eigenvalue weighted by atomic mass is 16.5. The maximum absolute atomic E-state index is 12.2. The van der Waals surface area contributed by atoms with E-state index in [1.807, 2.05) is 6.07 Å². The van der Waals surface area contributed by atoms with Crippen LogP contribution in [0.5, 0.6) is 0 Å². The van der Waals surface area contributed by atoms with E-state index in [1.165, 1.54) is 5.56 Å². The van der Waals surface area contributed by atoms with Gasteiger partial charge in [0.15, 0.2) is 0 Å². The smallest absolute Gasteiger partial charge is 0.290 e. The van der Waals surface area contributed by atoms with Crippen molar-refractivity contribution >= 4 is 12.4 Å². The van der Waals surface area contributed by atoms with Gasteiger partial charge in [0, 0.05) is 32.5 Å². The predicted molar refractivity (Wildman–Crippen MR) is 99.2 cm³/mol. The van der Waals surface area contributed by atoms with Gasteiger partial charge in [-0.05, 0) is 11.5 Å². The van der Waals surface area contributed by atoms with E-state index in [1.54, 1.807) is 6.92 Å². The lowest BCUT2D eigenvalue weighted by Gasteiger charge is -2.31. The Morgan fingerprint density at radius 1 is 1.11 bits per heavy atom. The van der Waals surface area contributed by atoms with Crippen LogP contribution in [0.2, 0.25) is 0 Å². The molecule has 1 amide bonds. The lowest BCUT2D eigenvalue weighted by Crippen LogP contribution is -2.42. The second kappa shape index (κ2) is 9.30. The fourth-order valence-electron chi connectivity index (χ4n) is 4.59. The van der Waals surface area contributed by atoms with Crippen molar-refractivity contribution in [3.63, 3.8) is 0 Å². The van der Waals surface area contributed by atoms with Crippen LogP contribution in [0.4, 0.5) is 0 Å². The highest BCUT2D eigenvalue weighted by molar-refractivity contribution is 5.74. The third-order valence-electron chi connectivity index (χ3n) is 5.75. The molecule has 3 saturated heterocycles. The van der Waals surface area contributed by atoms with Crippen LogP contribution in [0.3, 0.4) is 0 Å². The van der Waals surface area contributed by atoms with Crippen LogP contribution < -0.4 is 0 Å². The van der Waals surface area contributed by atoms with Gasteiger partial charge < -0.3 is 19.5 Å². The molecule has 7 nitrogen and oxygen atoms in total. The standard InChI is InChI=1S/C19H26N2O3.CH2O2/c1-14(22)21-10-16-9-20(17-12-23-7-8-24-13-17)11-18(16)19(21)15-5-3-2-4-6-15;2-1-3/h2-6,16-19H,7-13H2,1H3;1H,(H,2,3)/t16-,18-,19-;/m1./s1. The summed E-state index contributed by atoms with van der Waals surface area (Å²) in [7, 11) is 0. The molecule has 0 bridgehead atoms. The van der Waals surface area contributed by atoms with E-state index >= 15 is 0 Å². The highest BCUT2D eigenvalue weighted by Crippen LogP contribution is 2.45. The van der Waals surface area contributed by atoms with E-state index < -0.39 is 0 Å². The number of hydrogen-bond acceptors (Lipinski definition) is 5. The van der Waals surface area contributed by atoms with E-state index in [9.17, 15) is 4.79 Å². The molecule has 3 heterocycles. The Hall–Kier alpha value is -1.96. The third kappa shape index (κ3) is 4.48. The third-order valence-corrected chi connectivity index (χ3v) is 5.75. The molecule has 1 aromatic carbocycles. The summed E-state index contributed by atoms with van der Waals surface area (Å²) in [5.74, 6) is 1.23. The van der Waals surface area contributed by atoms with Crippen molar-refractivity contribution in [3.05, 3.63) is 35.9 Å². The Bertz CT molecular complexity index is 618. The summed E-state index contributed by atoms with van der Waals surface area (Å²) < 4.78 is 11.4. The number of carbonyl (C=O) groups is 2. The fourth-order valence-corrected chi connectivity index (χ4v) is 4.59. The molecule has 0 radical (unpaired) electrons. The first-order valence-corrected chi connectivity index (χ1v) is 9.45. The Morgan fingerprint density at radius 3 is 2.33 bits per heavy atom. The van der Waals surface area contributed by atoms with Gasteiger partial charge in [-0.25, -0.2) is 0 Å². The van der Waals surface area contributed by atoms with Crippen molar-refractivity contribution in [2.45, 2.75) is 19.0 Å². The minimum Gasteiger partial charge on any atom is -0.483 e. The lowest BCUT2D eigenvalue weighted by atomic mass is 9.89. The molecule has 0 aromatic heterocycles. The zero-order valence-corrected chi connectivity index (χ0v) is 15.7. The van der Waals surface area contributed by atoms with Crippen LogP contribution >= 0.6 is 0 Å². The van der Waals surface area contributed by atoms with Crippen molar-refractivity contribution in [2.24, 2.45) is 11.8 Å². The molecule has 3 aliphatic heterocycles. The number of amides is 1. The second-order valence-electron chi connectivity index (χ2n) is 7.31. The summed E-state index contributed by atoms with van der Waals surface area (Å²) in [5, 5.41) is 6.89. The van der Waals surface area contributed by atoms with Gasteiger partial charge in [0.2, 0.25) is 5.91 Å². The number of carbonyl (C=O) groups excluding carboxylic acids is 1. The number of carboxylic acid groups (broad SMARTS) is 1. The Labute approximate surface area is 159 Å². The summed E-state index contributed by atoms with van der Waals surface area (Å²) in [5.41, 5.74) is 1.26. The molecule has 3 fully saturated rings. The normalized spacial score (nSPS) is 28.8. The number of fused-ring (bicyclic) bond motifs is 1. The molecule has 0 saturated carbocycles. The first-order chi connectivity index (χ1) is 13.2. The van der Waals surface area contributed by atoms with E-state index in [4.69, 9.17) is 19.4 Å². The molecular weight excluding hydrogens is 348 g/mol.